The predicted molar refractivity (Wildman–Crippen MR) is 109 cm³/mol. The molecule has 1 atom stereocenters. The van der Waals surface area contributed by atoms with Gasteiger partial charge in [-0.15, -0.1) is 0 Å². The number of esters is 1. The minimum atomic E-state index is -0.656. The second-order valence-corrected chi connectivity index (χ2v) is 7.55. The molecule has 0 saturated carbocycles. The third-order valence-electron chi connectivity index (χ3n) is 5.30. The number of nitrogens with zero attached hydrogens (tertiary/aromatic N) is 5. The highest BCUT2D eigenvalue weighted by molar-refractivity contribution is 5.77. The summed E-state index contributed by atoms with van der Waals surface area (Å²) in [5.41, 5.74) is 1.61. The van der Waals surface area contributed by atoms with Crippen molar-refractivity contribution in [3.8, 4) is 0 Å². The van der Waals surface area contributed by atoms with Crippen molar-refractivity contribution in [2.24, 2.45) is 13.0 Å². The van der Waals surface area contributed by atoms with Crippen LogP contribution in [0.1, 0.15) is 12.5 Å². The number of imidazole rings is 1. The average Bonchev–Trinajstić information content (AvgIpc) is 3.09. The molecule has 0 fully saturated rings. The second-order valence-electron chi connectivity index (χ2n) is 7.55. The lowest BCUT2D eigenvalue weighted by atomic mass is 10.1. The van der Waals surface area contributed by atoms with E-state index < -0.39 is 23.8 Å². The van der Waals surface area contributed by atoms with E-state index in [0.29, 0.717) is 23.7 Å². The number of carbonyl (C=O) groups excluding carboxylic acids is 1. The van der Waals surface area contributed by atoms with E-state index in [1.165, 1.54) is 11.7 Å². The number of aromatic nitrogens is 4. The molecule has 1 unspecified atom stereocenters. The fourth-order valence-corrected chi connectivity index (χ4v) is 3.78. The third kappa shape index (κ3) is 3.02. The maximum atomic E-state index is 13.1. The van der Waals surface area contributed by atoms with Gasteiger partial charge in [0.25, 0.3) is 5.56 Å². The summed E-state index contributed by atoms with van der Waals surface area (Å²) in [6.45, 7) is 5.04. The van der Waals surface area contributed by atoms with Gasteiger partial charge in [-0.1, -0.05) is 24.6 Å². The lowest BCUT2D eigenvalue weighted by Crippen LogP contribution is -2.42. The van der Waals surface area contributed by atoms with Crippen LogP contribution in [0.25, 0.3) is 11.2 Å². The number of ether oxygens (including phenoxy) is 1. The molecule has 0 bridgehead atoms. The molecule has 9 heteroatoms. The number of hydrogen-bond acceptors (Lipinski definition) is 6. The Labute approximate surface area is 166 Å². The van der Waals surface area contributed by atoms with Crippen molar-refractivity contribution in [3.05, 3.63) is 50.7 Å². The van der Waals surface area contributed by atoms with E-state index >= 15 is 0 Å². The third-order valence-corrected chi connectivity index (χ3v) is 5.30. The van der Waals surface area contributed by atoms with Crippen molar-refractivity contribution in [3.63, 3.8) is 0 Å². The maximum absolute atomic E-state index is 13.1. The standard InChI is InChI=1S/C20H23N5O4/c1-12-5-7-14(8-6-12)23-9-13(2)10-24-16-17(21-19(23)24)22(3)20(28)25(18(16)27)11-15(26)29-4/h5-8,13H,9-11H2,1-4H3. The van der Waals surface area contributed by atoms with Gasteiger partial charge in [0.15, 0.2) is 11.2 Å². The number of anilines is 2. The lowest BCUT2D eigenvalue weighted by molar-refractivity contribution is -0.141. The van der Waals surface area contributed by atoms with Gasteiger partial charge in [-0.25, -0.2) is 9.36 Å². The quantitative estimate of drug-likeness (QED) is 0.616. The normalized spacial score (nSPS) is 16.1. The Balaban J connectivity index is 1.97. The molecule has 9 nitrogen and oxygen atoms in total. The topological polar surface area (TPSA) is 91.4 Å². The minimum absolute atomic E-state index is 0.256. The Morgan fingerprint density at radius 1 is 1.21 bits per heavy atom. The number of aryl methyl sites for hydroxylation is 2. The molecule has 0 aliphatic carbocycles. The number of carbonyl (C=O) groups is 1. The molecular formula is C20H23N5O4. The molecule has 2 aromatic heterocycles. The van der Waals surface area contributed by atoms with Crippen LogP contribution >= 0.6 is 0 Å². The molecule has 0 radical (unpaired) electrons. The second kappa shape index (κ2) is 6.91. The Kier molecular flexibility index (Phi) is 4.52. The van der Waals surface area contributed by atoms with Crippen LogP contribution < -0.4 is 16.1 Å². The van der Waals surface area contributed by atoms with Gasteiger partial charge in [-0.3, -0.25) is 14.2 Å². The van der Waals surface area contributed by atoms with Gasteiger partial charge in [-0.05, 0) is 25.0 Å². The van der Waals surface area contributed by atoms with Gasteiger partial charge in [0.1, 0.15) is 6.54 Å². The van der Waals surface area contributed by atoms with Crippen molar-refractivity contribution >= 4 is 28.8 Å². The van der Waals surface area contributed by atoms with Crippen LogP contribution in [0.5, 0.6) is 0 Å². The molecule has 3 heterocycles. The van der Waals surface area contributed by atoms with Crippen molar-refractivity contribution in [1.82, 2.24) is 18.7 Å². The Morgan fingerprint density at radius 2 is 1.90 bits per heavy atom. The van der Waals surface area contributed by atoms with E-state index in [1.807, 2.05) is 35.8 Å². The number of fused-ring (bicyclic) bond motifs is 3. The number of benzene rings is 1. The van der Waals surface area contributed by atoms with Crippen LogP contribution in [-0.4, -0.2) is 38.3 Å². The summed E-state index contributed by atoms with van der Waals surface area (Å²) in [5.74, 6) is 0.216. The molecule has 0 amide bonds. The van der Waals surface area contributed by atoms with Gasteiger partial charge in [-0.2, -0.15) is 4.98 Å². The van der Waals surface area contributed by atoms with E-state index in [0.717, 1.165) is 22.4 Å². The maximum Gasteiger partial charge on any atom is 0.333 e. The van der Waals surface area contributed by atoms with E-state index in [2.05, 4.69) is 21.5 Å². The summed E-state index contributed by atoms with van der Waals surface area (Å²) >= 11 is 0. The average molecular weight is 397 g/mol. The SMILES string of the molecule is COC(=O)Cn1c(=O)c2c(nc3n2CC(C)CN3c2ccc(C)cc2)n(C)c1=O. The zero-order valence-electron chi connectivity index (χ0n) is 16.9. The molecule has 0 spiro atoms. The minimum Gasteiger partial charge on any atom is -0.468 e. The van der Waals surface area contributed by atoms with Gasteiger partial charge >= 0.3 is 11.7 Å². The van der Waals surface area contributed by atoms with E-state index in [9.17, 15) is 14.4 Å². The first-order valence-corrected chi connectivity index (χ1v) is 9.43. The van der Waals surface area contributed by atoms with Gasteiger partial charge in [0.05, 0.1) is 7.11 Å². The summed E-state index contributed by atoms with van der Waals surface area (Å²) in [6, 6.07) is 8.10. The lowest BCUT2D eigenvalue weighted by Gasteiger charge is -2.33. The van der Waals surface area contributed by atoms with Gasteiger partial charge in [0, 0.05) is 25.8 Å². The zero-order valence-corrected chi connectivity index (χ0v) is 16.9. The molecule has 1 aliphatic rings. The highest BCUT2D eigenvalue weighted by atomic mass is 16.5. The predicted octanol–water partition coefficient (Wildman–Crippen LogP) is 1.17. The van der Waals surface area contributed by atoms with Crippen LogP contribution in [0.2, 0.25) is 0 Å². The molecule has 0 saturated heterocycles. The Hall–Kier alpha value is -3.36. The van der Waals surface area contributed by atoms with Crippen molar-refractivity contribution in [1.29, 1.82) is 0 Å². The van der Waals surface area contributed by atoms with Crippen LogP contribution in [0.4, 0.5) is 11.6 Å². The monoisotopic (exact) mass is 397 g/mol. The van der Waals surface area contributed by atoms with E-state index in [4.69, 9.17) is 0 Å². The van der Waals surface area contributed by atoms with Gasteiger partial charge < -0.3 is 14.2 Å². The molecule has 3 aromatic rings. The zero-order chi connectivity index (χ0) is 20.9. The first-order valence-electron chi connectivity index (χ1n) is 9.43. The first kappa shape index (κ1) is 19.0. The molecular weight excluding hydrogens is 374 g/mol. The summed E-state index contributed by atoms with van der Waals surface area (Å²) < 4.78 is 8.69. The van der Waals surface area contributed by atoms with Crippen LogP contribution in [0.15, 0.2) is 33.9 Å². The Bertz CT molecular complexity index is 1220. The highest BCUT2D eigenvalue weighted by Crippen LogP contribution is 2.32. The van der Waals surface area contributed by atoms with Gasteiger partial charge in [0.2, 0.25) is 5.95 Å². The largest absolute Gasteiger partial charge is 0.468 e. The van der Waals surface area contributed by atoms with Crippen LogP contribution in [0.3, 0.4) is 0 Å². The summed E-state index contributed by atoms with van der Waals surface area (Å²) in [4.78, 5) is 44.2. The molecule has 29 heavy (non-hydrogen) atoms. The van der Waals surface area contributed by atoms with E-state index in [-0.39, 0.29) is 5.92 Å². The molecule has 0 N–H and O–H groups in total. The van der Waals surface area contributed by atoms with Crippen LogP contribution in [-0.2, 0) is 29.7 Å². The summed E-state index contributed by atoms with van der Waals surface area (Å²) in [6.07, 6.45) is 0. The molecule has 152 valence electrons. The van der Waals surface area contributed by atoms with Crippen molar-refractivity contribution < 1.29 is 9.53 Å². The fourth-order valence-electron chi connectivity index (χ4n) is 3.78. The molecule has 4 rings (SSSR count). The summed E-state index contributed by atoms with van der Waals surface area (Å²) in [5, 5.41) is 0. The van der Waals surface area contributed by atoms with Crippen molar-refractivity contribution in [2.45, 2.75) is 26.9 Å². The Morgan fingerprint density at radius 3 is 2.55 bits per heavy atom. The fraction of sp³-hybridized carbons (Fsp3) is 0.400. The van der Waals surface area contributed by atoms with E-state index in [1.54, 1.807) is 7.05 Å². The van der Waals surface area contributed by atoms with Crippen molar-refractivity contribution in [2.75, 3.05) is 18.6 Å². The van der Waals surface area contributed by atoms with Crippen LogP contribution in [0, 0.1) is 12.8 Å². The summed E-state index contributed by atoms with van der Waals surface area (Å²) in [7, 11) is 2.77. The smallest absolute Gasteiger partial charge is 0.333 e. The number of methoxy groups -OCH3 is 1. The number of hydrogen-bond donors (Lipinski definition) is 0. The highest BCUT2D eigenvalue weighted by Gasteiger charge is 2.30. The molecule has 1 aliphatic heterocycles. The molecule has 1 aromatic carbocycles. The first-order chi connectivity index (χ1) is 13.8. The number of rotatable bonds is 3.